The first kappa shape index (κ1) is 19.2. The van der Waals surface area contributed by atoms with E-state index in [1.807, 2.05) is 6.07 Å². The topological polar surface area (TPSA) is 110 Å². The molecule has 0 bridgehead atoms. The molecule has 8 nitrogen and oxygen atoms in total. The Hall–Kier alpha value is -2.61. The van der Waals surface area contributed by atoms with Gasteiger partial charge in [0.15, 0.2) is 0 Å². The minimum Gasteiger partial charge on any atom is -0.396 e. The average Bonchev–Trinajstić information content (AvgIpc) is 3.07. The van der Waals surface area contributed by atoms with Gasteiger partial charge in [0.1, 0.15) is 11.9 Å². The van der Waals surface area contributed by atoms with E-state index in [0.717, 1.165) is 29.7 Å². The van der Waals surface area contributed by atoms with Crippen LogP contribution in [-0.2, 0) is 11.2 Å². The molecule has 1 saturated heterocycles. The van der Waals surface area contributed by atoms with Crippen LogP contribution < -0.4 is 10.6 Å². The third kappa shape index (κ3) is 4.21. The average molecular weight is 373 g/mol. The van der Waals surface area contributed by atoms with E-state index in [4.69, 9.17) is 5.11 Å². The molecule has 0 radical (unpaired) electrons. The van der Waals surface area contributed by atoms with Gasteiger partial charge in [0.2, 0.25) is 5.91 Å². The number of amides is 3. The first-order valence-corrected chi connectivity index (χ1v) is 9.39. The molecule has 0 spiro atoms. The number of benzene rings is 1. The van der Waals surface area contributed by atoms with Crippen molar-refractivity contribution in [3.8, 4) is 0 Å². The minimum atomic E-state index is -0.606. The van der Waals surface area contributed by atoms with E-state index in [-0.39, 0.29) is 25.0 Å². The number of carbonyl (C=O) groups is 2. The van der Waals surface area contributed by atoms with Crippen LogP contribution in [0, 0.1) is 13.8 Å². The van der Waals surface area contributed by atoms with Gasteiger partial charge in [0.05, 0.1) is 11.0 Å². The molecule has 27 heavy (non-hydrogen) atoms. The first-order chi connectivity index (χ1) is 13.0. The number of aliphatic hydroxyl groups is 1. The zero-order valence-electron chi connectivity index (χ0n) is 15.8. The Bertz CT molecular complexity index is 832. The molecule has 3 rings (SSSR count). The quantitative estimate of drug-likeness (QED) is 0.566. The number of nitrogens with zero attached hydrogens (tertiary/aromatic N) is 2. The highest BCUT2D eigenvalue weighted by Gasteiger charge is 2.32. The van der Waals surface area contributed by atoms with Crippen LogP contribution in [0.15, 0.2) is 12.1 Å². The second-order valence-electron chi connectivity index (χ2n) is 6.94. The number of hydrogen-bond donors (Lipinski definition) is 4. The van der Waals surface area contributed by atoms with Crippen molar-refractivity contribution in [1.29, 1.82) is 0 Å². The maximum absolute atomic E-state index is 12.4. The summed E-state index contributed by atoms with van der Waals surface area (Å²) in [6.45, 7) is 5.39. The van der Waals surface area contributed by atoms with Crippen LogP contribution in [0.25, 0.3) is 11.0 Å². The number of H-pyrrole nitrogens is 1. The van der Waals surface area contributed by atoms with Crippen molar-refractivity contribution >= 4 is 23.0 Å². The van der Waals surface area contributed by atoms with Gasteiger partial charge in [-0.15, -0.1) is 0 Å². The third-order valence-corrected chi connectivity index (χ3v) is 5.09. The maximum atomic E-state index is 12.4. The number of urea groups is 1. The van der Waals surface area contributed by atoms with Crippen molar-refractivity contribution in [1.82, 2.24) is 25.5 Å². The van der Waals surface area contributed by atoms with E-state index in [9.17, 15) is 9.59 Å². The molecule has 1 atom stereocenters. The Morgan fingerprint density at radius 2 is 2.22 bits per heavy atom. The SMILES string of the molecule is Cc1ccc2[nH]c(CCCNC(=O)N3CCNC(=O)C3CCO)nc2c1C. The molecular formula is C19H27N5O3. The molecule has 4 N–H and O–H groups in total. The molecule has 3 amide bonds. The van der Waals surface area contributed by atoms with Crippen molar-refractivity contribution in [2.24, 2.45) is 0 Å². The Labute approximate surface area is 158 Å². The van der Waals surface area contributed by atoms with Crippen molar-refractivity contribution in [3.63, 3.8) is 0 Å². The van der Waals surface area contributed by atoms with Gasteiger partial charge < -0.3 is 25.6 Å². The lowest BCUT2D eigenvalue weighted by atomic mass is 10.1. The van der Waals surface area contributed by atoms with Gasteiger partial charge in [0.25, 0.3) is 0 Å². The van der Waals surface area contributed by atoms with Crippen molar-refractivity contribution < 1.29 is 14.7 Å². The van der Waals surface area contributed by atoms with Crippen molar-refractivity contribution in [2.75, 3.05) is 26.2 Å². The smallest absolute Gasteiger partial charge is 0.318 e. The summed E-state index contributed by atoms with van der Waals surface area (Å²) in [6, 6.07) is 3.25. The fraction of sp³-hybridized carbons (Fsp3) is 0.526. The van der Waals surface area contributed by atoms with Crippen LogP contribution in [0.3, 0.4) is 0 Å². The molecular weight excluding hydrogens is 346 g/mol. The Kier molecular flexibility index (Phi) is 5.95. The van der Waals surface area contributed by atoms with Crippen LogP contribution in [0.5, 0.6) is 0 Å². The highest BCUT2D eigenvalue weighted by molar-refractivity contribution is 5.88. The molecule has 8 heteroatoms. The summed E-state index contributed by atoms with van der Waals surface area (Å²) in [6.07, 6.45) is 1.72. The van der Waals surface area contributed by atoms with Gasteiger partial charge in [0, 0.05) is 32.7 Å². The zero-order valence-corrected chi connectivity index (χ0v) is 15.8. The zero-order chi connectivity index (χ0) is 19.4. The molecule has 1 aromatic heterocycles. The van der Waals surface area contributed by atoms with E-state index in [0.29, 0.717) is 19.6 Å². The molecule has 0 saturated carbocycles. The Balaban J connectivity index is 1.51. The van der Waals surface area contributed by atoms with Crippen LogP contribution in [0.4, 0.5) is 4.79 Å². The second kappa shape index (κ2) is 8.39. The van der Waals surface area contributed by atoms with Gasteiger partial charge in [-0.25, -0.2) is 9.78 Å². The van der Waals surface area contributed by atoms with Crippen molar-refractivity contribution in [2.45, 2.75) is 39.2 Å². The lowest BCUT2D eigenvalue weighted by molar-refractivity contribution is -0.128. The number of aryl methyl sites for hydroxylation is 3. The van der Waals surface area contributed by atoms with Crippen molar-refractivity contribution in [3.05, 3.63) is 29.1 Å². The summed E-state index contributed by atoms with van der Waals surface area (Å²) in [7, 11) is 0. The molecule has 1 aromatic carbocycles. The third-order valence-electron chi connectivity index (χ3n) is 5.09. The summed E-state index contributed by atoms with van der Waals surface area (Å²) in [4.78, 5) is 33.8. The molecule has 0 aliphatic carbocycles. The molecule has 1 aliphatic heterocycles. The van der Waals surface area contributed by atoms with E-state index in [1.54, 1.807) is 0 Å². The van der Waals surface area contributed by atoms with Crippen LogP contribution >= 0.6 is 0 Å². The normalized spacial score (nSPS) is 17.2. The number of nitrogens with one attached hydrogen (secondary N) is 3. The van der Waals surface area contributed by atoms with Crippen LogP contribution in [-0.4, -0.2) is 64.2 Å². The predicted octanol–water partition coefficient (Wildman–Crippen LogP) is 1.00. The van der Waals surface area contributed by atoms with Gasteiger partial charge in [-0.3, -0.25) is 4.79 Å². The fourth-order valence-corrected chi connectivity index (χ4v) is 3.40. The predicted molar refractivity (Wildman–Crippen MR) is 102 cm³/mol. The monoisotopic (exact) mass is 373 g/mol. The number of aromatic nitrogens is 2. The van der Waals surface area contributed by atoms with E-state index < -0.39 is 6.04 Å². The van der Waals surface area contributed by atoms with Crippen LogP contribution in [0.2, 0.25) is 0 Å². The number of rotatable bonds is 6. The summed E-state index contributed by atoms with van der Waals surface area (Å²) >= 11 is 0. The van der Waals surface area contributed by atoms with E-state index in [2.05, 4.69) is 40.5 Å². The highest BCUT2D eigenvalue weighted by Crippen LogP contribution is 2.19. The second-order valence-corrected chi connectivity index (χ2v) is 6.94. The lowest BCUT2D eigenvalue weighted by Crippen LogP contribution is -2.59. The van der Waals surface area contributed by atoms with Gasteiger partial charge in [-0.2, -0.15) is 0 Å². The minimum absolute atomic E-state index is 0.132. The van der Waals surface area contributed by atoms with Gasteiger partial charge in [-0.05, 0) is 43.9 Å². The lowest BCUT2D eigenvalue weighted by Gasteiger charge is -2.34. The largest absolute Gasteiger partial charge is 0.396 e. The molecule has 2 heterocycles. The first-order valence-electron chi connectivity index (χ1n) is 9.39. The summed E-state index contributed by atoms with van der Waals surface area (Å²) in [5.41, 5.74) is 4.43. The number of piperazine rings is 1. The van der Waals surface area contributed by atoms with E-state index in [1.165, 1.54) is 16.0 Å². The Morgan fingerprint density at radius 1 is 1.41 bits per heavy atom. The molecule has 1 fully saturated rings. The molecule has 2 aromatic rings. The number of aromatic amines is 1. The summed E-state index contributed by atoms with van der Waals surface area (Å²) in [5.74, 6) is 0.696. The number of hydrogen-bond acceptors (Lipinski definition) is 4. The van der Waals surface area contributed by atoms with E-state index >= 15 is 0 Å². The highest BCUT2D eigenvalue weighted by atomic mass is 16.3. The number of imidazole rings is 1. The molecule has 1 unspecified atom stereocenters. The molecule has 1 aliphatic rings. The summed E-state index contributed by atoms with van der Waals surface area (Å²) in [5, 5.41) is 14.7. The maximum Gasteiger partial charge on any atom is 0.318 e. The fourth-order valence-electron chi connectivity index (χ4n) is 3.40. The number of aliphatic hydroxyl groups excluding tert-OH is 1. The van der Waals surface area contributed by atoms with Crippen LogP contribution in [0.1, 0.15) is 29.8 Å². The molecule has 146 valence electrons. The van der Waals surface area contributed by atoms with Gasteiger partial charge in [-0.1, -0.05) is 6.07 Å². The summed E-state index contributed by atoms with van der Waals surface area (Å²) < 4.78 is 0. The number of fused-ring (bicyclic) bond motifs is 1. The number of carbonyl (C=O) groups excluding carboxylic acids is 2. The standard InChI is InChI=1S/C19H27N5O3/c1-12-5-6-14-17(13(12)2)23-16(22-14)4-3-8-21-19(27)24-10-9-20-18(26)15(24)7-11-25/h5-6,15,25H,3-4,7-11H2,1-2H3,(H,20,26)(H,21,27)(H,22,23). The Morgan fingerprint density at radius 3 is 3.00 bits per heavy atom. The van der Waals surface area contributed by atoms with Gasteiger partial charge >= 0.3 is 6.03 Å².